The SMILES string of the molecule is CCc1cnc(N2CC3COCC(C2)C3Oc2c(CC)cnc(Nc3ccc(SC)cc3F)c2F)nc1. The molecule has 0 radical (unpaired) electrons. The Morgan fingerprint density at radius 1 is 1.05 bits per heavy atom. The number of rotatable bonds is 8. The molecule has 0 amide bonds. The molecule has 37 heavy (non-hydrogen) atoms. The average Bonchev–Trinajstić information content (AvgIpc) is 2.91. The molecule has 4 heterocycles. The summed E-state index contributed by atoms with van der Waals surface area (Å²) in [7, 11) is 0. The van der Waals surface area contributed by atoms with Gasteiger partial charge >= 0.3 is 0 Å². The minimum atomic E-state index is -0.618. The van der Waals surface area contributed by atoms with Crippen LogP contribution in [-0.4, -0.2) is 53.6 Å². The third-order valence-corrected chi connectivity index (χ3v) is 7.72. The summed E-state index contributed by atoms with van der Waals surface area (Å²) in [6.45, 7) is 6.33. The fourth-order valence-corrected chi connectivity index (χ4v) is 5.33. The lowest BCUT2D eigenvalue weighted by Crippen LogP contribution is -2.58. The number of hydrogen-bond acceptors (Lipinski definition) is 8. The minimum Gasteiger partial charge on any atom is -0.486 e. The van der Waals surface area contributed by atoms with Crippen LogP contribution >= 0.6 is 11.8 Å². The van der Waals surface area contributed by atoms with E-state index in [9.17, 15) is 4.39 Å². The highest BCUT2D eigenvalue weighted by atomic mass is 32.2. The first-order valence-corrected chi connectivity index (χ1v) is 13.8. The fourth-order valence-electron chi connectivity index (χ4n) is 4.91. The Bertz CT molecular complexity index is 1230. The van der Waals surface area contributed by atoms with Gasteiger partial charge in [0.2, 0.25) is 11.8 Å². The molecule has 2 aromatic heterocycles. The molecule has 2 aliphatic rings. The van der Waals surface area contributed by atoms with Gasteiger partial charge in [-0.25, -0.2) is 19.3 Å². The van der Waals surface area contributed by atoms with Crippen LogP contribution in [0.2, 0.25) is 0 Å². The molecular weight excluding hydrogens is 496 g/mol. The summed E-state index contributed by atoms with van der Waals surface area (Å²) < 4.78 is 42.6. The van der Waals surface area contributed by atoms with Gasteiger partial charge < -0.3 is 19.7 Å². The lowest BCUT2D eigenvalue weighted by atomic mass is 9.84. The van der Waals surface area contributed by atoms with Crippen molar-refractivity contribution in [1.29, 1.82) is 0 Å². The number of hydrogen-bond donors (Lipinski definition) is 1. The van der Waals surface area contributed by atoms with Crippen molar-refractivity contribution in [3.05, 3.63) is 59.6 Å². The monoisotopic (exact) mass is 527 g/mol. The lowest BCUT2D eigenvalue weighted by Gasteiger charge is -2.46. The maximum absolute atomic E-state index is 15.8. The molecule has 7 nitrogen and oxygen atoms in total. The van der Waals surface area contributed by atoms with Crippen molar-refractivity contribution >= 4 is 29.2 Å². The van der Waals surface area contributed by atoms with Gasteiger partial charge in [-0.15, -0.1) is 11.8 Å². The van der Waals surface area contributed by atoms with E-state index in [0.29, 0.717) is 44.2 Å². The van der Waals surface area contributed by atoms with E-state index in [0.717, 1.165) is 16.9 Å². The summed E-state index contributed by atoms with van der Waals surface area (Å²) in [5.41, 5.74) is 1.92. The van der Waals surface area contributed by atoms with Gasteiger partial charge in [-0.1, -0.05) is 13.8 Å². The molecule has 0 aliphatic carbocycles. The van der Waals surface area contributed by atoms with Crippen molar-refractivity contribution in [2.24, 2.45) is 11.8 Å². The topological polar surface area (TPSA) is 72.4 Å². The van der Waals surface area contributed by atoms with Gasteiger partial charge in [-0.05, 0) is 42.9 Å². The second-order valence-corrected chi connectivity index (χ2v) is 10.3. The van der Waals surface area contributed by atoms with Crippen LogP contribution in [0.3, 0.4) is 0 Å². The van der Waals surface area contributed by atoms with Gasteiger partial charge in [0.15, 0.2) is 11.6 Å². The average molecular weight is 528 g/mol. The largest absolute Gasteiger partial charge is 0.486 e. The van der Waals surface area contributed by atoms with Crippen LogP contribution in [0.4, 0.5) is 26.2 Å². The summed E-state index contributed by atoms with van der Waals surface area (Å²) in [5, 5.41) is 2.81. The van der Waals surface area contributed by atoms with Crippen molar-refractivity contribution in [3.63, 3.8) is 0 Å². The number of nitrogens with zero attached hydrogens (tertiary/aromatic N) is 4. The van der Waals surface area contributed by atoms with Crippen LogP contribution in [0.1, 0.15) is 25.0 Å². The summed E-state index contributed by atoms with van der Waals surface area (Å²) in [6, 6.07) is 4.78. The standard InChI is InChI=1S/C27H31F2N5O2S/c1-4-16-9-31-27(32-10-16)34-12-18-14-35-15-19(13-34)24(18)36-25-17(5-2)11-30-26(23(25)29)33-22-7-6-20(37-3)8-21(22)28/h6-11,18-19,24H,4-5,12-15H2,1-3H3,(H,30,33). The zero-order chi connectivity index (χ0) is 25.9. The number of thioether (sulfide) groups is 1. The first-order chi connectivity index (χ1) is 18.0. The van der Waals surface area contributed by atoms with Gasteiger partial charge in [-0.3, -0.25) is 0 Å². The highest BCUT2D eigenvalue weighted by Crippen LogP contribution is 2.37. The molecule has 3 aromatic rings. The van der Waals surface area contributed by atoms with Crippen LogP contribution in [-0.2, 0) is 17.6 Å². The molecule has 2 unspecified atom stereocenters. The van der Waals surface area contributed by atoms with Gasteiger partial charge in [0.05, 0.1) is 18.9 Å². The van der Waals surface area contributed by atoms with E-state index < -0.39 is 11.6 Å². The minimum absolute atomic E-state index is 0.0205. The number of aryl methyl sites for hydroxylation is 2. The molecule has 196 valence electrons. The second kappa shape index (κ2) is 11.2. The molecule has 2 aliphatic heterocycles. The van der Waals surface area contributed by atoms with Crippen LogP contribution in [0.5, 0.6) is 5.75 Å². The number of anilines is 3. The molecule has 1 aromatic carbocycles. The van der Waals surface area contributed by atoms with E-state index >= 15 is 4.39 Å². The first kappa shape index (κ1) is 25.7. The molecule has 2 bridgehead atoms. The van der Waals surface area contributed by atoms with Crippen molar-refractivity contribution in [2.45, 2.75) is 37.7 Å². The first-order valence-electron chi connectivity index (χ1n) is 12.6. The molecule has 2 fully saturated rings. The molecular formula is C27H31F2N5O2S. The van der Waals surface area contributed by atoms with Crippen molar-refractivity contribution in [1.82, 2.24) is 15.0 Å². The number of piperidine rings is 1. The van der Waals surface area contributed by atoms with E-state index in [1.807, 2.05) is 25.6 Å². The van der Waals surface area contributed by atoms with Crippen molar-refractivity contribution in [3.8, 4) is 5.75 Å². The van der Waals surface area contributed by atoms with Crippen molar-refractivity contribution < 1.29 is 18.3 Å². The number of aromatic nitrogens is 3. The quantitative estimate of drug-likeness (QED) is 0.397. The predicted octanol–water partition coefficient (Wildman–Crippen LogP) is 5.27. The van der Waals surface area contributed by atoms with E-state index in [2.05, 4.69) is 32.1 Å². The van der Waals surface area contributed by atoms with Gasteiger partial charge in [0.25, 0.3) is 0 Å². The molecule has 1 N–H and O–H groups in total. The van der Waals surface area contributed by atoms with Crippen LogP contribution in [0, 0.1) is 23.5 Å². The predicted molar refractivity (Wildman–Crippen MR) is 141 cm³/mol. The zero-order valence-corrected chi connectivity index (χ0v) is 22.0. The number of benzene rings is 1. The Morgan fingerprint density at radius 2 is 1.78 bits per heavy atom. The lowest BCUT2D eigenvalue weighted by molar-refractivity contribution is -0.0768. The van der Waals surface area contributed by atoms with Crippen LogP contribution in [0.25, 0.3) is 0 Å². The Balaban J connectivity index is 1.38. The van der Waals surface area contributed by atoms with E-state index in [1.54, 1.807) is 18.3 Å². The fraction of sp³-hybridized carbons (Fsp3) is 0.444. The maximum atomic E-state index is 15.8. The summed E-state index contributed by atoms with van der Waals surface area (Å²) in [5.74, 6) is -0.251. The third kappa shape index (κ3) is 5.36. The Morgan fingerprint density at radius 3 is 2.41 bits per heavy atom. The molecule has 2 atom stereocenters. The Labute approximate surface area is 220 Å². The van der Waals surface area contributed by atoms with Gasteiger partial charge in [-0.2, -0.15) is 4.39 Å². The molecule has 10 heteroatoms. The molecule has 5 rings (SSSR count). The highest BCUT2D eigenvalue weighted by Gasteiger charge is 2.43. The molecule has 0 saturated carbocycles. The number of fused-ring (bicyclic) bond motifs is 2. The number of ether oxygens (including phenoxy) is 2. The summed E-state index contributed by atoms with van der Waals surface area (Å²) in [6.07, 6.45) is 8.41. The number of pyridine rings is 1. The Kier molecular flexibility index (Phi) is 7.76. The molecule has 0 spiro atoms. The Hall–Kier alpha value is -2.98. The summed E-state index contributed by atoms with van der Waals surface area (Å²) in [4.78, 5) is 16.3. The van der Waals surface area contributed by atoms with E-state index in [1.165, 1.54) is 17.8 Å². The maximum Gasteiger partial charge on any atom is 0.225 e. The van der Waals surface area contributed by atoms with Gasteiger partial charge in [0.1, 0.15) is 11.9 Å². The molecule has 2 saturated heterocycles. The van der Waals surface area contributed by atoms with Crippen molar-refractivity contribution in [2.75, 3.05) is 42.8 Å². The van der Waals surface area contributed by atoms with Crippen LogP contribution < -0.4 is 15.0 Å². The normalized spacial score (nSPS) is 21.1. The third-order valence-electron chi connectivity index (χ3n) is 7.00. The number of halogens is 2. The second-order valence-electron chi connectivity index (χ2n) is 9.39. The zero-order valence-electron chi connectivity index (χ0n) is 21.2. The highest BCUT2D eigenvalue weighted by molar-refractivity contribution is 7.98. The van der Waals surface area contributed by atoms with E-state index in [-0.39, 0.29) is 35.2 Å². The van der Waals surface area contributed by atoms with E-state index in [4.69, 9.17) is 9.47 Å². The summed E-state index contributed by atoms with van der Waals surface area (Å²) >= 11 is 1.44. The van der Waals surface area contributed by atoms with Gasteiger partial charge in [0, 0.05) is 54.0 Å². The number of nitrogens with one attached hydrogen (secondary N) is 1. The van der Waals surface area contributed by atoms with Crippen LogP contribution in [0.15, 0.2) is 41.7 Å². The smallest absolute Gasteiger partial charge is 0.225 e.